The van der Waals surface area contributed by atoms with E-state index in [-0.39, 0.29) is 18.0 Å². The average Bonchev–Trinajstić information content (AvgIpc) is 3.11. The largest absolute Gasteiger partial charge is 0.441 e. The monoisotopic (exact) mass is 341 g/mol. The van der Waals surface area contributed by atoms with E-state index in [1.54, 1.807) is 6.20 Å². The van der Waals surface area contributed by atoms with Crippen molar-refractivity contribution in [3.8, 4) is 11.3 Å². The third-order valence-corrected chi connectivity index (χ3v) is 4.87. The molecule has 2 atom stereocenters. The lowest BCUT2D eigenvalue weighted by Gasteiger charge is -2.38. The van der Waals surface area contributed by atoms with Crippen molar-refractivity contribution in [2.45, 2.75) is 57.5 Å². The predicted octanol–water partition coefficient (Wildman–Crippen LogP) is 3.39. The maximum absolute atomic E-state index is 12.5. The van der Waals surface area contributed by atoms with Gasteiger partial charge < -0.3 is 15.1 Å². The van der Waals surface area contributed by atoms with Crippen molar-refractivity contribution in [3.63, 3.8) is 0 Å². The Morgan fingerprint density at radius 3 is 2.92 bits per heavy atom. The van der Waals surface area contributed by atoms with Crippen LogP contribution in [0.1, 0.15) is 44.9 Å². The molecule has 25 heavy (non-hydrogen) atoms. The lowest BCUT2D eigenvalue weighted by molar-refractivity contribution is -0.135. The van der Waals surface area contributed by atoms with E-state index in [0.29, 0.717) is 18.7 Å². The third kappa shape index (κ3) is 4.48. The first-order chi connectivity index (χ1) is 12.1. The summed E-state index contributed by atoms with van der Waals surface area (Å²) >= 11 is 0. The Kier molecular flexibility index (Phi) is 5.87. The van der Waals surface area contributed by atoms with E-state index in [1.807, 2.05) is 42.2 Å². The van der Waals surface area contributed by atoms with Crippen molar-refractivity contribution in [1.29, 1.82) is 0 Å². The van der Waals surface area contributed by atoms with Crippen molar-refractivity contribution in [3.05, 3.63) is 42.4 Å². The number of nitrogens with zero attached hydrogens (tertiary/aromatic N) is 2. The average molecular weight is 341 g/mol. The SMILES string of the molecule is CC(N)C1CCCCN1C(=O)CCCc1ncc(-c2ccccc2)o1. The number of benzene rings is 1. The molecule has 0 aliphatic carbocycles. The summed E-state index contributed by atoms with van der Waals surface area (Å²) in [6, 6.07) is 10.1. The van der Waals surface area contributed by atoms with Gasteiger partial charge in [-0.05, 0) is 32.6 Å². The molecule has 134 valence electrons. The van der Waals surface area contributed by atoms with Gasteiger partial charge in [-0.3, -0.25) is 4.79 Å². The molecule has 1 aromatic heterocycles. The molecule has 0 saturated carbocycles. The van der Waals surface area contributed by atoms with Gasteiger partial charge in [0.25, 0.3) is 0 Å². The molecular formula is C20H27N3O2. The Hall–Kier alpha value is -2.14. The minimum atomic E-state index is 0.0319. The quantitative estimate of drug-likeness (QED) is 0.874. The number of carbonyl (C=O) groups excluding carboxylic acids is 1. The molecule has 2 aromatic rings. The van der Waals surface area contributed by atoms with Crippen LogP contribution < -0.4 is 5.73 Å². The Labute approximate surface area is 149 Å². The van der Waals surface area contributed by atoms with E-state index in [4.69, 9.17) is 10.2 Å². The summed E-state index contributed by atoms with van der Waals surface area (Å²) in [5.41, 5.74) is 7.07. The Bertz CT molecular complexity index is 681. The van der Waals surface area contributed by atoms with Gasteiger partial charge in [-0.2, -0.15) is 0 Å². The van der Waals surface area contributed by atoms with Crippen molar-refractivity contribution in [1.82, 2.24) is 9.88 Å². The van der Waals surface area contributed by atoms with E-state index in [1.165, 1.54) is 0 Å². The number of likely N-dealkylation sites (tertiary alicyclic amines) is 1. The second kappa shape index (κ2) is 8.30. The fraction of sp³-hybridized carbons (Fsp3) is 0.500. The molecular weight excluding hydrogens is 314 g/mol. The number of hydrogen-bond acceptors (Lipinski definition) is 4. The van der Waals surface area contributed by atoms with Gasteiger partial charge in [-0.1, -0.05) is 30.3 Å². The normalized spacial score (nSPS) is 19.0. The van der Waals surface area contributed by atoms with Crippen LogP contribution in [-0.2, 0) is 11.2 Å². The summed E-state index contributed by atoms with van der Waals surface area (Å²) in [6.07, 6.45) is 6.95. The number of rotatable bonds is 6. The number of nitrogens with two attached hydrogens (primary N) is 1. The van der Waals surface area contributed by atoms with Gasteiger partial charge in [0, 0.05) is 37.0 Å². The van der Waals surface area contributed by atoms with Crippen molar-refractivity contribution in [2.75, 3.05) is 6.54 Å². The number of oxazole rings is 1. The molecule has 2 unspecified atom stereocenters. The number of carbonyl (C=O) groups is 1. The second-order valence-electron chi connectivity index (χ2n) is 6.85. The molecule has 5 nitrogen and oxygen atoms in total. The molecule has 3 rings (SSSR count). The highest BCUT2D eigenvalue weighted by atomic mass is 16.4. The van der Waals surface area contributed by atoms with Crippen molar-refractivity contribution in [2.24, 2.45) is 5.73 Å². The first-order valence-electron chi connectivity index (χ1n) is 9.20. The van der Waals surface area contributed by atoms with Gasteiger partial charge in [0.2, 0.25) is 5.91 Å². The van der Waals surface area contributed by atoms with Gasteiger partial charge in [0.15, 0.2) is 11.7 Å². The van der Waals surface area contributed by atoms with Crippen LogP contribution in [0, 0.1) is 0 Å². The predicted molar refractivity (Wildman–Crippen MR) is 97.9 cm³/mol. The summed E-state index contributed by atoms with van der Waals surface area (Å²) < 4.78 is 5.80. The minimum Gasteiger partial charge on any atom is -0.441 e. The zero-order valence-corrected chi connectivity index (χ0v) is 14.9. The Morgan fingerprint density at radius 1 is 1.36 bits per heavy atom. The summed E-state index contributed by atoms with van der Waals surface area (Å²) in [5, 5.41) is 0. The fourth-order valence-corrected chi connectivity index (χ4v) is 3.51. The van der Waals surface area contributed by atoms with E-state index in [2.05, 4.69) is 4.98 Å². The molecule has 1 aliphatic heterocycles. The summed E-state index contributed by atoms with van der Waals surface area (Å²) in [4.78, 5) is 18.9. The highest BCUT2D eigenvalue weighted by Gasteiger charge is 2.28. The smallest absolute Gasteiger partial charge is 0.222 e. The molecule has 2 N–H and O–H groups in total. The molecule has 1 saturated heterocycles. The van der Waals surface area contributed by atoms with Crippen LogP contribution in [0.3, 0.4) is 0 Å². The Balaban J connectivity index is 1.51. The molecule has 1 amide bonds. The molecule has 2 heterocycles. The molecule has 0 radical (unpaired) electrons. The number of piperidine rings is 1. The first kappa shape index (κ1) is 17.7. The Morgan fingerprint density at radius 2 is 2.16 bits per heavy atom. The van der Waals surface area contributed by atoms with Crippen LogP contribution in [0.15, 0.2) is 40.9 Å². The highest BCUT2D eigenvalue weighted by molar-refractivity contribution is 5.76. The van der Waals surface area contributed by atoms with E-state index >= 15 is 0 Å². The zero-order valence-electron chi connectivity index (χ0n) is 14.9. The van der Waals surface area contributed by atoms with Crippen molar-refractivity contribution >= 4 is 5.91 Å². The van der Waals surface area contributed by atoms with E-state index < -0.39 is 0 Å². The molecule has 1 aromatic carbocycles. The molecule has 0 spiro atoms. The standard InChI is InChI=1S/C20H27N3O2/c1-15(21)17-10-5-6-13-23(17)20(24)12-7-11-19-22-14-18(25-19)16-8-3-2-4-9-16/h2-4,8-9,14-15,17H,5-7,10-13,21H2,1H3. The molecule has 1 aliphatic rings. The minimum absolute atomic E-state index is 0.0319. The fourth-order valence-electron chi connectivity index (χ4n) is 3.51. The van der Waals surface area contributed by atoms with Gasteiger partial charge in [-0.25, -0.2) is 4.98 Å². The second-order valence-corrected chi connectivity index (χ2v) is 6.85. The van der Waals surface area contributed by atoms with Crippen molar-refractivity contribution < 1.29 is 9.21 Å². The lowest BCUT2D eigenvalue weighted by atomic mass is 9.96. The number of hydrogen-bond donors (Lipinski definition) is 1. The summed E-state index contributed by atoms with van der Waals surface area (Å²) in [6.45, 7) is 2.83. The maximum Gasteiger partial charge on any atom is 0.222 e. The van der Waals surface area contributed by atoms with Crippen LogP contribution in [0.4, 0.5) is 0 Å². The van der Waals surface area contributed by atoms with Crippen LogP contribution in [0.2, 0.25) is 0 Å². The van der Waals surface area contributed by atoms with Crippen LogP contribution >= 0.6 is 0 Å². The number of amides is 1. The summed E-state index contributed by atoms with van der Waals surface area (Å²) in [5.74, 6) is 1.67. The highest BCUT2D eigenvalue weighted by Crippen LogP contribution is 2.22. The lowest BCUT2D eigenvalue weighted by Crippen LogP contribution is -2.51. The molecule has 5 heteroatoms. The molecule has 1 fully saturated rings. The van der Waals surface area contributed by atoms with Gasteiger partial charge in [0.1, 0.15) is 0 Å². The van der Waals surface area contributed by atoms with E-state index in [9.17, 15) is 4.79 Å². The number of aromatic nitrogens is 1. The van der Waals surface area contributed by atoms with Crippen LogP contribution in [-0.4, -0.2) is 34.4 Å². The van der Waals surface area contributed by atoms with Gasteiger partial charge >= 0.3 is 0 Å². The first-order valence-corrected chi connectivity index (χ1v) is 9.20. The zero-order chi connectivity index (χ0) is 17.6. The topological polar surface area (TPSA) is 72.4 Å². The van der Waals surface area contributed by atoms with Crippen LogP contribution in [0.5, 0.6) is 0 Å². The molecule has 0 bridgehead atoms. The van der Waals surface area contributed by atoms with E-state index in [0.717, 1.165) is 43.6 Å². The van der Waals surface area contributed by atoms with Crippen LogP contribution in [0.25, 0.3) is 11.3 Å². The maximum atomic E-state index is 12.5. The third-order valence-electron chi connectivity index (χ3n) is 4.87. The summed E-state index contributed by atoms with van der Waals surface area (Å²) in [7, 11) is 0. The van der Waals surface area contributed by atoms with Gasteiger partial charge in [0.05, 0.1) is 6.20 Å². The number of aryl methyl sites for hydroxylation is 1. The van der Waals surface area contributed by atoms with Gasteiger partial charge in [-0.15, -0.1) is 0 Å².